The standard InChI is InChI=1S/C15H20O4/c1-2-17-15(16)14(12-8-4-3-5-9-12)19-13-10-6-7-11-18-13/h3-5,8-9,13-14H,2,6-7,10-11H2,1H3/t13-,14?/m1/s1. The second-order valence-electron chi connectivity index (χ2n) is 4.47. The molecule has 2 atom stereocenters. The van der Waals surface area contributed by atoms with E-state index in [1.165, 1.54) is 0 Å². The normalized spacial score (nSPS) is 20.8. The molecule has 1 aliphatic heterocycles. The molecule has 0 saturated carbocycles. The van der Waals surface area contributed by atoms with Crippen molar-refractivity contribution in [3.8, 4) is 0 Å². The number of hydrogen-bond acceptors (Lipinski definition) is 4. The zero-order chi connectivity index (χ0) is 13.5. The summed E-state index contributed by atoms with van der Waals surface area (Å²) < 4.78 is 16.4. The maximum atomic E-state index is 12.0. The lowest BCUT2D eigenvalue weighted by molar-refractivity contribution is -0.205. The van der Waals surface area contributed by atoms with Crippen LogP contribution in [0.1, 0.15) is 37.9 Å². The van der Waals surface area contributed by atoms with Crippen molar-refractivity contribution in [2.45, 2.75) is 38.6 Å². The van der Waals surface area contributed by atoms with Crippen molar-refractivity contribution in [3.05, 3.63) is 35.9 Å². The lowest BCUT2D eigenvalue weighted by Gasteiger charge is -2.26. The highest BCUT2D eigenvalue weighted by atomic mass is 16.7. The van der Waals surface area contributed by atoms with E-state index in [1.807, 2.05) is 30.3 Å². The van der Waals surface area contributed by atoms with Gasteiger partial charge in [-0.05, 0) is 31.7 Å². The minimum absolute atomic E-state index is 0.316. The zero-order valence-electron chi connectivity index (χ0n) is 11.2. The molecule has 4 heteroatoms. The molecule has 0 amide bonds. The van der Waals surface area contributed by atoms with Gasteiger partial charge in [-0.25, -0.2) is 4.79 Å². The highest BCUT2D eigenvalue weighted by molar-refractivity contribution is 5.76. The molecule has 1 aromatic rings. The van der Waals surface area contributed by atoms with Gasteiger partial charge >= 0.3 is 5.97 Å². The molecule has 1 saturated heterocycles. The minimum Gasteiger partial charge on any atom is -0.464 e. The second-order valence-corrected chi connectivity index (χ2v) is 4.47. The molecule has 2 rings (SSSR count). The van der Waals surface area contributed by atoms with Crippen molar-refractivity contribution in [1.29, 1.82) is 0 Å². The molecule has 0 bridgehead atoms. The summed E-state index contributed by atoms with van der Waals surface area (Å²) in [7, 11) is 0. The molecule has 1 aromatic carbocycles. The second kappa shape index (κ2) is 7.26. The summed E-state index contributed by atoms with van der Waals surface area (Å²) in [4.78, 5) is 12.0. The van der Waals surface area contributed by atoms with Crippen LogP contribution in [-0.2, 0) is 19.0 Å². The number of esters is 1. The molecule has 0 aliphatic carbocycles. The average molecular weight is 264 g/mol. The summed E-state index contributed by atoms with van der Waals surface area (Å²) in [6, 6.07) is 9.40. The van der Waals surface area contributed by atoms with Crippen LogP contribution in [0.5, 0.6) is 0 Å². The van der Waals surface area contributed by atoms with Gasteiger partial charge in [-0.15, -0.1) is 0 Å². The van der Waals surface area contributed by atoms with Crippen LogP contribution >= 0.6 is 0 Å². The van der Waals surface area contributed by atoms with Gasteiger partial charge in [-0.3, -0.25) is 0 Å². The van der Waals surface area contributed by atoms with Gasteiger partial charge in [0.15, 0.2) is 12.4 Å². The fraction of sp³-hybridized carbons (Fsp3) is 0.533. The van der Waals surface area contributed by atoms with Crippen molar-refractivity contribution in [3.63, 3.8) is 0 Å². The van der Waals surface area contributed by atoms with Crippen molar-refractivity contribution in [1.82, 2.24) is 0 Å². The van der Waals surface area contributed by atoms with Gasteiger partial charge in [0.05, 0.1) is 6.61 Å². The lowest BCUT2D eigenvalue weighted by Crippen LogP contribution is -2.28. The van der Waals surface area contributed by atoms with Crippen LogP contribution in [0.3, 0.4) is 0 Å². The topological polar surface area (TPSA) is 44.8 Å². The largest absolute Gasteiger partial charge is 0.464 e. The number of rotatable bonds is 5. The van der Waals surface area contributed by atoms with Crippen molar-refractivity contribution in [2.75, 3.05) is 13.2 Å². The molecule has 104 valence electrons. The van der Waals surface area contributed by atoms with Gasteiger partial charge < -0.3 is 14.2 Å². The molecule has 1 fully saturated rings. The first-order valence-corrected chi connectivity index (χ1v) is 6.80. The van der Waals surface area contributed by atoms with Gasteiger partial charge in [0.2, 0.25) is 0 Å². The first-order valence-electron chi connectivity index (χ1n) is 6.80. The summed E-state index contributed by atoms with van der Waals surface area (Å²) in [5, 5.41) is 0. The molecule has 0 spiro atoms. The maximum Gasteiger partial charge on any atom is 0.340 e. The van der Waals surface area contributed by atoms with Gasteiger partial charge in [0, 0.05) is 6.61 Å². The third-order valence-corrected chi connectivity index (χ3v) is 3.03. The third-order valence-electron chi connectivity index (χ3n) is 3.03. The third kappa shape index (κ3) is 4.04. The Kier molecular flexibility index (Phi) is 5.36. The Hall–Kier alpha value is -1.39. The fourth-order valence-corrected chi connectivity index (χ4v) is 2.09. The van der Waals surface area contributed by atoms with Gasteiger partial charge in [-0.1, -0.05) is 30.3 Å². The van der Waals surface area contributed by atoms with E-state index in [0.29, 0.717) is 13.2 Å². The Morgan fingerprint density at radius 2 is 2.16 bits per heavy atom. The molecule has 4 nitrogen and oxygen atoms in total. The van der Waals surface area contributed by atoms with Crippen LogP contribution in [0.2, 0.25) is 0 Å². The summed E-state index contributed by atoms with van der Waals surface area (Å²) in [5.74, 6) is -0.358. The zero-order valence-corrected chi connectivity index (χ0v) is 11.2. The molecule has 1 aliphatic rings. The molecule has 19 heavy (non-hydrogen) atoms. The SMILES string of the molecule is CCOC(=O)C(O[C@@H]1CCCCO1)c1ccccc1. The van der Waals surface area contributed by atoms with Crippen LogP contribution in [0, 0.1) is 0 Å². The van der Waals surface area contributed by atoms with E-state index in [9.17, 15) is 4.79 Å². The molecule has 0 aromatic heterocycles. The average Bonchev–Trinajstić information content (AvgIpc) is 2.47. The van der Waals surface area contributed by atoms with E-state index in [-0.39, 0.29) is 12.3 Å². The van der Waals surface area contributed by atoms with E-state index in [4.69, 9.17) is 14.2 Å². The van der Waals surface area contributed by atoms with Gasteiger partial charge in [0.1, 0.15) is 0 Å². The van der Waals surface area contributed by atoms with E-state index < -0.39 is 6.10 Å². The maximum absolute atomic E-state index is 12.0. The van der Waals surface area contributed by atoms with Crippen LogP contribution < -0.4 is 0 Å². The Labute approximate surface area is 113 Å². The van der Waals surface area contributed by atoms with Crippen LogP contribution in [0.25, 0.3) is 0 Å². The predicted octanol–water partition coefficient (Wildman–Crippen LogP) is 2.83. The summed E-state index contributed by atoms with van der Waals surface area (Å²) in [6.45, 7) is 2.82. The fourth-order valence-electron chi connectivity index (χ4n) is 2.09. The Bertz CT molecular complexity index is 384. The molecule has 1 heterocycles. The van der Waals surface area contributed by atoms with E-state index >= 15 is 0 Å². The van der Waals surface area contributed by atoms with Crippen LogP contribution in [0.4, 0.5) is 0 Å². The molecular formula is C15H20O4. The highest BCUT2D eigenvalue weighted by Gasteiger charge is 2.27. The lowest BCUT2D eigenvalue weighted by atomic mass is 10.1. The summed E-state index contributed by atoms with van der Waals surface area (Å²) in [5.41, 5.74) is 0.801. The number of ether oxygens (including phenoxy) is 3. The summed E-state index contributed by atoms with van der Waals surface area (Å²) >= 11 is 0. The van der Waals surface area contributed by atoms with E-state index in [2.05, 4.69) is 0 Å². The highest BCUT2D eigenvalue weighted by Crippen LogP contribution is 2.25. The minimum atomic E-state index is -0.704. The molecule has 0 N–H and O–H groups in total. The number of carbonyl (C=O) groups excluding carboxylic acids is 1. The Morgan fingerprint density at radius 1 is 1.37 bits per heavy atom. The first kappa shape index (κ1) is 14.0. The quantitative estimate of drug-likeness (QED) is 0.767. The molecule has 0 radical (unpaired) electrons. The first-order chi connectivity index (χ1) is 9.31. The predicted molar refractivity (Wildman–Crippen MR) is 70.5 cm³/mol. The van der Waals surface area contributed by atoms with Gasteiger partial charge in [-0.2, -0.15) is 0 Å². The van der Waals surface area contributed by atoms with Crippen LogP contribution in [0.15, 0.2) is 30.3 Å². The van der Waals surface area contributed by atoms with Gasteiger partial charge in [0.25, 0.3) is 0 Å². The molecular weight excluding hydrogens is 244 g/mol. The van der Waals surface area contributed by atoms with E-state index in [1.54, 1.807) is 6.92 Å². The Balaban J connectivity index is 2.07. The van der Waals surface area contributed by atoms with E-state index in [0.717, 1.165) is 24.8 Å². The Morgan fingerprint density at radius 3 is 2.79 bits per heavy atom. The number of benzene rings is 1. The summed E-state index contributed by atoms with van der Waals surface area (Å²) in [6.07, 6.45) is 1.92. The van der Waals surface area contributed by atoms with Crippen molar-refractivity contribution < 1.29 is 19.0 Å². The monoisotopic (exact) mass is 264 g/mol. The smallest absolute Gasteiger partial charge is 0.340 e. The van der Waals surface area contributed by atoms with Crippen molar-refractivity contribution >= 4 is 5.97 Å². The van der Waals surface area contributed by atoms with Crippen molar-refractivity contribution in [2.24, 2.45) is 0 Å². The van der Waals surface area contributed by atoms with Crippen LogP contribution in [-0.4, -0.2) is 25.5 Å². The number of hydrogen-bond donors (Lipinski definition) is 0. The molecule has 1 unspecified atom stereocenters. The number of carbonyl (C=O) groups is 1.